The number of imidazole rings is 1. The minimum Gasteiger partial charge on any atom is -0.494 e. The molecule has 0 aliphatic heterocycles. The fourth-order valence-corrected chi connectivity index (χ4v) is 4.05. The molecule has 0 saturated heterocycles. The maximum absolute atomic E-state index is 5.98. The highest BCUT2D eigenvalue weighted by Gasteiger charge is 2.12. The van der Waals surface area contributed by atoms with Crippen molar-refractivity contribution in [2.45, 2.75) is 26.8 Å². The number of hydrogen-bond acceptors (Lipinski definition) is 3. The van der Waals surface area contributed by atoms with E-state index in [0.29, 0.717) is 6.61 Å². The molecule has 0 bridgehead atoms. The van der Waals surface area contributed by atoms with E-state index >= 15 is 0 Å². The molecule has 0 radical (unpaired) electrons. The number of aryl methyl sites for hydroxylation is 3. The molecule has 4 rings (SSSR count). The van der Waals surface area contributed by atoms with Gasteiger partial charge in [-0.15, -0.1) is 11.3 Å². The average molecular weight is 362 g/mol. The number of benzene rings is 2. The summed E-state index contributed by atoms with van der Waals surface area (Å²) in [6, 6.07) is 18.9. The zero-order chi connectivity index (χ0) is 17.9. The number of para-hydroxylation sites is 2. The smallest absolute Gasteiger partial charge is 0.151 e. The monoisotopic (exact) mass is 362 g/mol. The quantitative estimate of drug-likeness (QED) is 0.402. The molecular formula is C22H22N2OS. The Labute approximate surface area is 157 Å². The molecule has 0 spiro atoms. The van der Waals surface area contributed by atoms with Crippen molar-refractivity contribution in [3.63, 3.8) is 0 Å². The summed E-state index contributed by atoms with van der Waals surface area (Å²) in [6.07, 6.45) is 0.936. The van der Waals surface area contributed by atoms with Crippen molar-refractivity contribution in [1.82, 2.24) is 9.55 Å². The molecule has 0 fully saturated rings. The number of ether oxygens (including phenoxy) is 1. The lowest BCUT2D eigenvalue weighted by atomic mass is 10.1. The van der Waals surface area contributed by atoms with Crippen molar-refractivity contribution in [2.24, 2.45) is 0 Å². The van der Waals surface area contributed by atoms with Gasteiger partial charge in [0.15, 0.2) is 5.82 Å². The molecule has 2 aromatic carbocycles. The minimum atomic E-state index is 0.694. The van der Waals surface area contributed by atoms with Crippen LogP contribution in [0.1, 0.15) is 17.5 Å². The van der Waals surface area contributed by atoms with E-state index in [1.165, 1.54) is 21.5 Å². The summed E-state index contributed by atoms with van der Waals surface area (Å²) in [5.41, 5.74) is 4.70. The molecular weight excluding hydrogens is 340 g/mol. The maximum Gasteiger partial charge on any atom is 0.151 e. The summed E-state index contributed by atoms with van der Waals surface area (Å²) in [4.78, 5) is 6.05. The van der Waals surface area contributed by atoms with Gasteiger partial charge >= 0.3 is 0 Å². The summed E-state index contributed by atoms with van der Waals surface area (Å²) >= 11 is 1.73. The minimum absolute atomic E-state index is 0.694. The topological polar surface area (TPSA) is 27.1 Å². The molecule has 0 atom stereocenters. The third-order valence-electron chi connectivity index (χ3n) is 4.39. The van der Waals surface area contributed by atoms with Crippen LogP contribution in [0.5, 0.6) is 5.75 Å². The van der Waals surface area contributed by atoms with Crippen LogP contribution in [0.4, 0.5) is 0 Å². The van der Waals surface area contributed by atoms with Crippen LogP contribution in [-0.4, -0.2) is 16.2 Å². The van der Waals surface area contributed by atoms with Gasteiger partial charge in [-0.1, -0.05) is 24.3 Å². The van der Waals surface area contributed by atoms with E-state index < -0.39 is 0 Å². The van der Waals surface area contributed by atoms with Crippen LogP contribution in [0.2, 0.25) is 0 Å². The van der Waals surface area contributed by atoms with Crippen LogP contribution in [-0.2, 0) is 6.54 Å². The number of rotatable bonds is 6. The number of hydrogen-bond donors (Lipinski definition) is 0. The third kappa shape index (κ3) is 3.51. The van der Waals surface area contributed by atoms with Crippen molar-refractivity contribution in [2.75, 3.05) is 6.61 Å². The van der Waals surface area contributed by atoms with Crippen LogP contribution >= 0.6 is 11.3 Å². The Bertz CT molecular complexity index is 998. The second kappa shape index (κ2) is 7.34. The molecule has 0 amide bonds. The average Bonchev–Trinajstić information content (AvgIpc) is 3.26. The lowest BCUT2D eigenvalue weighted by molar-refractivity contribution is 0.302. The lowest BCUT2D eigenvalue weighted by Gasteiger charge is -2.11. The molecule has 0 saturated carbocycles. The molecule has 132 valence electrons. The predicted octanol–water partition coefficient (Wildman–Crippen LogP) is 5.85. The molecule has 0 unspecified atom stereocenters. The molecule has 2 aromatic heterocycles. The van der Waals surface area contributed by atoms with Crippen molar-refractivity contribution >= 4 is 22.4 Å². The molecule has 0 aliphatic carbocycles. The number of fused-ring (bicyclic) bond motifs is 1. The van der Waals surface area contributed by atoms with Gasteiger partial charge in [0.1, 0.15) is 5.75 Å². The molecule has 4 heteroatoms. The summed E-state index contributed by atoms with van der Waals surface area (Å²) in [5.74, 6) is 2.00. The van der Waals surface area contributed by atoms with Gasteiger partial charge in [0, 0.05) is 6.54 Å². The van der Waals surface area contributed by atoms with Gasteiger partial charge in [-0.2, -0.15) is 0 Å². The SMILES string of the molecule is Cc1cc(C)cc(OCCCn2c(-c3cccs3)nc3ccccc32)c1. The molecule has 4 aromatic rings. The Morgan fingerprint density at radius 1 is 1.00 bits per heavy atom. The fraction of sp³-hybridized carbons (Fsp3) is 0.227. The fourth-order valence-electron chi connectivity index (χ4n) is 3.32. The van der Waals surface area contributed by atoms with Crippen molar-refractivity contribution < 1.29 is 4.74 Å². The zero-order valence-corrected chi connectivity index (χ0v) is 15.9. The Morgan fingerprint density at radius 3 is 2.58 bits per heavy atom. The van der Waals surface area contributed by atoms with Crippen molar-refractivity contribution in [3.8, 4) is 16.5 Å². The van der Waals surface area contributed by atoms with E-state index in [1.54, 1.807) is 11.3 Å². The van der Waals surface area contributed by atoms with Gasteiger partial charge in [-0.3, -0.25) is 0 Å². The van der Waals surface area contributed by atoms with Gasteiger partial charge in [0.05, 0.1) is 22.5 Å². The zero-order valence-electron chi connectivity index (χ0n) is 15.1. The summed E-state index contributed by atoms with van der Waals surface area (Å²) in [7, 11) is 0. The molecule has 3 nitrogen and oxygen atoms in total. The van der Waals surface area contributed by atoms with E-state index in [4.69, 9.17) is 9.72 Å². The summed E-state index contributed by atoms with van der Waals surface area (Å²) in [6.45, 7) is 5.79. The summed E-state index contributed by atoms with van der Waals surface area (Å²) < 4.78 is 8.29. The van der Waals surface area contributed by atoms with Gasteiger partial charge < -0.3 is 9.30 Å². The highest BCUT2D eigenvalue weighted by atomic mass is 32.1. The van der Waals surface area contributed by atoms with Crippen molar-refractivity contribution in [1.29, 1.82) is 0 Å². The largest absolute Gasteiger partial charge is 0.494 e. The highest BCUT2D eigenvalue weighted by molar-refractivity contribution is 7.13. The Kier molecular flexibility index (Phi) is 4.76. The van der Waals surface area contributed by atoms with Crippen molar-refractivity contribution in [3.05, 3.63) is 71.1 Å². The van der Waals surface area contributed by atoms with Crippen LogP contribution in [0.15, 0.2) is 60.0 Å². The number of thiophene rings is 1. The van der Waals surface area contributed by atoms with Crippen LogP contribution in [0.3, 0.4) is 0 Å². The van der Waals surface area contributed by atoms with Crippen LogP contribution < -0.4 is 4.74 Å². The molecule has 2 heterocycles. The van der Waals surface area contributed by atoms with E-state index in [9.17, 15) is 0 Å². The first-order valence-electron chi connectivity index (χ1n) is 8.91. The summed E-state index contributed by atoms with van der Waals surface area (Å²) in [5, 5.41) is 2.10. The third-order valence-corrected chi connectivity index (χ3v) is 5.25. The lowest BCUT2D eigenvalue weighted by Crippen LogP contribution is -2.06. The molecule has 0 aliphatic rings. The van der Waals surface area contributed by atoms with Gasteiger partial charge in [-0.05, 0) is 67.1 Å². The normalized spacial score (nSPS) is 11.2. The standard InChI is InChI=1S/C22H22N2OS/c1-16-13-17(2)15-18(14-16)25-11-6-10-24-20-8-4-3-7-19(20)23-22(24)21-9-5-12-26-21/h3-5,7-9,12-15H,6,10-11H2,1-2H3. The maximum atomic E-state index is 5.98. The molecule has 0 N–H and O–H groups in total. The Hall–Kier alpha value is -2.59. The van der Waals surface area contributed by atoms with E-state index in [2.05, 4.69) is 72.3 Å². The number of nitrogens with zero attached hydrogens (tertiary/aromatic N) is 2. The second-order valence-corrected chi connectivity index (χ2v) is 7.53. The first-order valence-corrected chi connectivity index (χ1v) is 9.79. The predicted molar refractivity (Wildman–Crippen MR) is 109 cm³/mol. The van der Waals surface area contributed by atoms with Gasteiger partial charge in [-0.25, -0.2) is 4.98 Å². The Morgan fingerprint density at radius 2 is 1.81 bits per heavy atom. The first-order chi connectivity index (χ1) is 12.7. The van der Waals surface area contributed by atoms with Gasteiger partial charge in [0.2, 0.25) is 0 Å². The van der Waals surface area contributed by atoms with Crippen LogP contribution in [0.25, 0.3) is 21.7 Å². The second-order valence-electron chi connectivity index (χ2n) is 6.58. The number of aromatic nitrogens is 2. The van der Waals surface area contributed by atoms with Gasteiger partial charge in [0.25, 0.3) is 0 Å². The Balaban J connectivity index is 1.51. The van der Waals surface area contributed by atoms with E-state index in [1.807, 2.05) is 6.07 Å². The first kappa shape index (κ1) is 16.9. The van der Waals surface area contributed by atoms with Crippen LogP contribution in [0, 0.1) is 13.8 Å². The van der Waals surface area contributed by atoms with E-state index in [0.717, 1.165) is 30.1 Å². The van der Waals surface area contributed by atoms with E-state index in [-0.39, 0.29) is 0 Å². The molecule has 26 heavy (non-hydrogen) atoms. The highest BCUT2D eigenvalue weighted by Crippen LogP contribution is 2.28.